The van der Waals surface area contributed by atoms with Crippen LogP contribution in [0.1, 0.15) is 24.8 Å². The Labute approximate surface area is 108 Å². The van der Waals surface area contributed by atoms with Gasteiger partial charge < -0.3 is 10.6 Å². The van der Waals surface area contributed by atoms with Gasteiger partial charge in [0.1, 0.15) is 0 Å². The molecule has 4 heteroatoms. The summed E-state index contributed by atoms with van der Waals surface area (Å²) in [5, 5.41) is 6.32. The van der Waals surface area contributed by atoms with Crippen LogP contribution < -0.4 is 10.6 Å². The number of pyridine rings is 1. The topological polar surface area (TPSA) is 54.0 Å². The third kappa shape index (κ3) is 4.45. The Morgan fingerprint density at radius 3 is 3.00 bits per heavy atom. The first kappa shape index (κ1) is 13.0. The van der Waals surface area contributed by atoms with E-state index in [1.54, 1.807) is 12.4 Å². The summed E-state index contributed by atoms with van der Waals surface area (Å²) in [6.07, 6.45) is 7.23. The highest BCUT2D eigenvalue weighted by Crippen LogP contribution is 2.06. The van der Waals surface area contributed by atoms with E-state index in [1.165, 1.54) is 12.0 Å². The molecule has 2 rings (SSSR count). The molecular formula is C14H21N3O. The number of carbonyl (C=O) groups is 1. The van der Waals surface area contributed by atoms with Gasteiger partial charge >= 0.3 is 0 Å². The Morgan fingerprint density at radius 1 is 1.44 bits per heavy atom. The highest BCUT2D eigenvalue weighted by atomic mass is 16.1. The second-order valence-electron chi connectivity index (χ2n) is 4.87. The fourth-order valence-electron chi connectivity index (χ4n) is 2.24. The summed E-state index contributed by atoms with van der Waals surface area (Å²) in [6.45, 7) is 2.95. The molecule has 0 radical (unpaired) electrons. The molecule has 1 atom stereocenters. The lowest BCUT2D eigenvalue weighted by Gasteiger charge is -2.09. The maximum atomic E-state index is 11.6. The molecule has 1 aliphatic rings. The van der Waals surface area contributed by atoms with Gasteiger partial charge in [0.25, 0.3) is 0 Å². The molecule has 1 saturated heterocycles. The Hall–Kier alpha value is -1.42. The quantitative estimate of drug-likeness (QED) is 0.792. The van der Waals surface area contributed by atoms with Crippen LogP contribution in [0.4, 0.5) is 0 Å². The SMILES string of the molecule is O=C(CCCc1ccncc1)NCC1CCNC1. The van der Waals surface area contributed by atoms with Crippen LogP contribution in [0.3, 0.4) is 0 Å². The smallest absolute Gasteiger partial charge is 0.220 e. The number of nitrogens with zero attached hydrogens (tertiary/aromatic N) is 1. The molecule has 2 N–H and O–H groups in total. The summed E-state index contributed by atoms with van der Waals surface area (Å²) in [4.78, 5) is 15.6. The average molecular weight is 247 g/mol. The normalized spacial score (nSPS) is 18.8. The van der Waals surface area contributed by atoms with Gasteiger partial charge in [-0.05, 0) is 56.0 Å². The summed E-state index contributed by atoms with van der Waals surface area (Å²) < 4.78 is 0. The minimum atomic E-state index is 0.177. The Bertz CT molecular complexity index is 361. The van der Waals surface area contributed by atoms with E-state index in [9.17, 15) is 4.79 Å². The van der Waals surface area contributed by atoms with Gasteiger partial charge in [-0.15, -0.1) is 0 Å². The fourth-order valence-corrected chi connectivity index (χ4v) is 2.24. The van der Waals surface area contributed by atoms with Crippen LogP contribution in [-0.2, 0) is 11.2 Å². The van der Waals surface area contributed by atoms with Gasteiger partial charge in [0, 0.05) is 25.4 Å². The molecule has 1 unspecified atom stereocenters. The molecule has 0 bridgehead atoms. The molecule has 1 aromatic rings. The minimum absolute atomic E-state index is 0.177. The van der Waals surface area contributed by atoms with E-state index in [0.717, 1.165) is 32.5 Å². The lowest BCUT2D eigenvalue weighted by atomic mass is 10.1. The Morgan fingerprint density at radius 2 is 2.28 bits per heavy atom. The zero-order valence-electron chi connectivity index (χ0n) is 10.7. The van der Waals surface area contributed by atoms with Gasteiger partial charge in [-0.25, -0.2) is 0 Å². The van der Waals surface area contributed by atoms with E-state index in [2.05, 4.69) is 15.6 Å². The largest absolute Gasteiger partial charge is 0.356 e. The summed E-state index contributed by atoms with van der Waals surface area (Å²) in [7, 11) is 0. The van der Waals surface area contributed by atoms with E-state index in [-0.39, 0.29) is 5.91 Å². The van der Waals surface area contributed by atoms with Crippen molar-refractivity contribution in [3.05, 3.63) is 30.1 Å². The summed E-state index contributed by atoms with van der Waals surface area (Å²) in [5.74, 6) is 0.796. The highest BCUT2D eigenvalue weighted by Gasteiger charge is 2.14. The molecular weight excluding hydrogens is 226 g/mol. The number of nitrogens with one attached hydrogen (secondary N) is 2. The molecule has 0 aromatic carbocycles. The molecule has 2 heterocycles. The number of amides is 1. The van der Waals surface area contributed by atoms with Crippen molar-refractivity contribution in [1.82, 2.24) is 15.6 Å². The van der Waals surface area contributed by atoms with Crippen molar-refractivity contribution in [3.8, 4) is 0 Å². The van der Waals surface area contributed by atoms with Gasteiger partial charge in [-0.3, -0.25) is 9.78 Å². The van der Waals surface area contributed by atoms with Crippen LogP contribution in [0.25, 0.3) is 0 Å². The molecule has 1 aromatic heterocycles. The highest BCUT2D eigenvalue weighted by molar-refractivity contribution is 5.75. The van der Waals surface area contributed by atoms with Crippen molar-refractivity contribution < 1.29 is 4.79 Å². The predicted molar refractivity (Wildman–Crippen MR) is 71.2 cm³/mol. The van der Waals surface area contributed by atoms with Gasteiger partial charge in [-0.1, -0.05) is 0 Å². The second-order valence-corrected chi connectivity index (χ2v) is 4.87. The van der Waals surface area contributed by atoms with Crippen molar-refractivity contribution in [2.75, 3.05) is 19.6 Å². The fraction of sp³-hybridized carbons (Fsp3) is 0.571. The molecule has 98 valence electrons. The van der Waals surface area contributed by atoms with E-state index in [0.29, 0.717) is 12.3 Å². The molecule has 0 aliphatic carbocycles. The number of hydrogen-bond donors (Lipinski definition) is 2. The third-order valence-electron chi connectivity index (χ3n) is 3.37. The molecule has 0 spiro atoms. The van der Waals surface area contributed by atoms with Crippen LogP contribution in [0.5, 0.6) is 0 Å². The molecule has 18 heavy (non-hydrogen) atoms. The van der Waals surface area contributed by atoms with E-state index in [4.69, 9.17) is 0 Å². The third-order valence-corrected chi connectivity index (χ3v) is 3.37. The Kier molecular flexibility index (Phi) is 5.15. The summed E-state index contributed by atoms with van der Waals surface area (Å²) in [5.41, 5.74) is 1.25. The molecule has 1 aliphatic heterocycles. The van der Waals surface area contributed by atoms with E-state index in [1.807, 2.05) is 12.1 Å². The number of rotatable bonds is 6. The zero-order chi connectivity index (χ0) is 12.6. The van der Waals surface area contributed by atoms with Crippen molar-refractivity contribution in [2.45, 2.75) is 25.7 Å². The van der Waals surface area contributed by atoms with Crippen molar-refractivity contribution in [3.63, 3.8) is 0 Å². The first-order valence-corrected chi connectivity index (χ1v) is 6.71. The summed E-state index contributed by atoms with van der Waals surface area (Å²) in [6, 6.07) is 4.00. The Balaban J connectivity index is 1.57. The summed E-state index contributed by atoms with van der Waals surface area (Å²) >= 11 is 0. The van der Waals surface area contributed by atoms with Crippen LogP contribution >= 0.6 is 0 Å². The van der Waals surface area contributed by atoms with Gasteiger partial charge in [0.05, 0.1) is 0 Å². The zero-order valence-corrected chi connectivity index (χ0v) is 10.7. The van der Waals surface area contributed by atoms with Crippen LogP contribution in [0.15, 0.2) is 24.5 Å². The van der Waals surface area contributed by atoms with Crippen molar-refractivity contribution in [2.24, 2.45) is 5.92 Å². The van der Waals surface area contributed by atoms with Crippen molar-refractivity contribution >= 4 is 5.91 Å². The van der Waals surface area contributed by atoms with Crippen molar-refractivity contribution in [1.29, 1.82) is 0 Å². The first-order chi connectivity index (χ1) is 8.84. The standard InChI is InChI=1S/C14H21N3O/c18-14(17-11-13-6-9-16-10-13)3-1-2-12-4-7-15-8-5-12/h4-5,7-8,13,16H,1-3,6,9-11H2,(H,17,18). The van der Waals surface area contributed by atoms with E-state index < -0.39 is 0 Å². The maximum Gasteiger partial charge on any atom is 0.220 e. The van der Waals surface area contributed by atoms with Gasteiger partial charge in [0.15, 0.2) is 0 Å². The number of hydrogen-bond acceptors (Lipinski definition) is 3. The van der Waals surface area contributed by atoms with Gasteiger partial charge in [-0.2, -0.15) is 0 Å². The van der Waals surface area contributed by atoms with Crippen LogP contribution in [0.2, 0.25) is 0 Å². The first-order valence-electron chi connectivity index (χ1n) is 6.71. The lowest BCUT2D eigenvalue weighted by Crippen LogP contribution is -2.30. The predicted octanol–water partition coefficient (Wildman–Crippen LogP) is 1.13. The molecule has 4 nitrogen and oxygen atoms in total. The number of aromatic nitrogens is 1. The minimum Gasteiger partial charge on any atom is -0.356 e. The monoisotopic (exact) mass is 247 g/mol. The second kappa shape index (κ2) is 7.11. The lowest BCUT2D eigenvalue weighted by molar-refractivity contribution is -0.121. The molecule has 1 amide bonds. The number of aryl methyl sites for hydroxylation is 1. The molecule has 1 fully saturated rings. The molecule has 0 saturated carbocycles. The average Bonchev–Trinajstić information content (AvgIpc) is 2.91. The van der Waals surface area contributed by atoms with E-state index >= 15 is 0 Å². The van der Waals surface area contributed by atoms with Gasteiger partial charge in [0.2, 0.25) is 5.91 Å². The number of carbonyl (C=O) groups excluding carboxylic acids is 1. The maximum absolute atomic E-state index is 11.6. The van der Waals surface area contributed by atoms with Crippen LogP contribution in [0, 0.1) is 5.92 Å². The van der Waals surface area contributed by atoms with Crippen LogP contribution in [-0.4, -0.2) is 30.5 Å².